The van der Waals surface area contributed by atoms with Crippen LogP contribution in [0.25, 0.3) is 0 Å². The van der Waals surface area contributed by atoms with E-state index in [-0.39, 0.29) is 51.7 Å². The van der Waals surface area contributed by atoms with E-state index in [0.29, 0.717) is 11.1 Å². The van der Waals surface area contributed by atoms with Gasteiger partial charge < -0.3 is 18.1 Å². The first-order valence-corrected chi connectivity index (χ1v) is 20.4. The van der Waals surface area contributed by atoms with Gasteiger partial charge in [0.1, 0.15) is 31.8 Å². The van der Waals surface area contributed by atoms with Crippen molar-refractivity contribution in [2.45, 2.75) is 37.8 Å². The quantitative estimate of drug-likeness (QED) is 0.0934. The topological polar surface area (TPSA) is 58.2 Å². The van der Waals surface area contributed by atoms with Gasteiger partial charge in [0, 0.05) is 32.5 Å². The number of benzene rings is 6. The first kappa shape index (κ1) is 39.0. The molecule has 7 heteroatoms. The maximum Gasteiger partial charge on any atom is 0.255 e. The number of carbonyl (C=O) groups excluding carboxylic acids is 2. The van der Waals surface area contributed by atoms with Gasteiger partial charge in [-0.15, -0.1) is 0 Å². The van der Waals surface area contributed by atoms with Crippen LogP contribution in [0.3, 0.4) is 0 Å². The summed E-state index contributed by atoms with van der Waals surface area (Å²) < 4.78 is 0. The number of amides is 2. The second-order valence-corrected chi connectivity index (χ2v) is 17.6. The van der Waals surface area contributed by atoms with Crippen molar-refractivity contribution in [2.75, 3.05) is 0 Å². The molecule has 1 fully saturated rings. The Balaban J connectivity index is 0.00000261. The molecule has 0 bridgehead atoms. The molecular formula is C45H45N2O2P2Pd+. The Bertz CT molecular complexity index is 1800. The van der Waals surface area contributed by atoms with Gasteiger partial charge in [0.05, 0.1) is 27.0 Å². The van der Waals surface area contributed by atoms with Crippen molar-refractivity contribution in [3.63, 3.8) is 0 Å². The van der Waals surface area contributed by atoms with Crippen molar-refractivity contribution in [1.29, 1.82) is 0 Å². The van der Waals surface area contributed by atoms with E-state index in [1.165, 1.54) is 21.2 Å². The third-order valence-electron chi connectivity index (χ3n) is 9.53. The van der Waals surface area contributed by atoms with Crippen molar-refractivity contribution >= 4 is 59.5 Å². The molecule has 7 rings (SSSR count). The molecule has 1 aliphatic carbocycles. The van der Waals surface area contributed by atoms with Gasteiger partial charge in [-0.2, -0.15) is 0 Å². The average molecular weight is 814 g/mol. The first-order valence-electron chi connectivity index (χ1n) is 17.4. The second kappa shape index (κ2) is 19.0. The minimum Gasteiger partial charge on any atom is -0.358 e. The molecule has 52 heavy (non-hydrogen) atoms. The normalized spacial score (nSPS) is 15.2. The molecule has 0 heterocycles. The van der Waals surface area contributed by atoms with Crippen LogP contribution in [0.1, 0.15) is 46.4 Å². The predicted molar refractivity (Wildman–Crippen MR) is 220 cm³/mol. The van der Waals surface area contributed by atoms with E-state index >= 15 is 0 Å². The molecule has 6 aromatic carbocycles. The summed E-state index contributed by atoms with van der Waals surface area (Å²) in [6.45, 7) is 0. The number of rotatable bonds is 10. The summed E-state index contributed by atoms with van der Waals surface area (Å²) in [5, 5.41) is 13.9. The molecule has 6 aromatic rings. The molecule has 4 nitrogen and oxygen atoms in total. The van der Waals surface area contributed by atoms with E-state index in [2.05, 4.69) is 120 Å². The number of hydrogen-bond donors (Lipinski definition) is 2. The van der Waals surface area contributed by atoms with E-state index in [1.54, 1.807) is 0 Å². The van der Waals surface area contributed by atoms with Crippen LogP contribution >= 0.6 is 15.8 Å². The third kappa shape index (κ3) is 9.04. The SMILES string of the molecule is O=C(N[C@H]1CCCC[C@@H]1NC(=O)c1ccccc1[PH+](c1ccccc1)c1ccccc1)c1ccccc1[PH+](c1ccccc1)c1ccccc1.[CH3-].[Pd]. The molecule has 0 spiro atoms. The average Bonchev–Trinajstić information content (AvgIpc) is 3.18. The molecule has 2 N–H and O–H groups in total. The Morgan fingerprint density at radius 1 is 0.423 bits per heavy atom. The van der Waals surface area contributed by atoms with E-state index < -0.39 is 15.8 Å². The molecule has 0 unspecified atom stereocenters. The molecule has 0 saturated heterocycles. The van der Waals surface area contributed by atoms with Crippen LogP contribution in [-0.4, -0.2) is 23.9 Å². The van der Waals surface area contributed by atoms with Gasteiger partial charge in [-0.3, -0.25) is 9.59 Å². The molecular weight excluding hydrogens is 769 g/mol. The fourth-order valence-electron chi connectivity index (χ4n) is 7.14. The summed E-state index contributed by atoms with van der Waals surface area (Å²) in [5.74, 6) is -0.166. The zero-order valence-electron chi connectivity index (χ0n) is 29.3. The third-order valence-corrected chi connectivity index (χ3v) is 15.1. The van der Waals surface area contributed by atoms with Crippen molar-refractivity contribution < 1.29 is 30.0 Å². The Morgan fingerprint density at radius 3 is 1.00 bits per heavy atom. The van der Waals surface area contributed by atoms with Crippen molar-refractivity contribution in [3.8, 4) is 0 Å². The van der Waals surface area contributed by atoms with Crippen LogP contribution in [-0.2, 0) is 20.4 Å². The van der Waals surface area contributed by atoms with Gasteiger partial charge in [0.2, 0.25) is 0 Å². The monoisotopic (exact) mass is 813 g/mol. The Hall–Kier alpha value is -4.22. The van der Waals surface area contributed by atoms with Gasteiger partial charge in [0.15, 0.2) is 0 Å². The van der Waals surface area contributed by atoms with E-state index in [4.69, 9.17) is 0 Å². The van der Waals surface area contributed by atoms with Crippen LogP contribution in [0.2, 0.25) is 0 Å². The van der Waals surface area contributed by atoms with E-state index in [1.807, 2.05) is 60.7 Å². The molecule has 2 atom stereocenters. The van der Waals surface area contributed by atoms with Crippen LogP contribution in [0.4, 0.5) is 0 Å². The molecule has 266 valence electrons. The predicted octanol–water partition coefficient (Wildman–Crippen LogP) is 6.59. The van der Waals surface area contributed by atoms with Crippen LogP contribution in [0.15, 0.2) is 170 Å². The van der Waals surface area contributed by atoms with E-state index in [9.17, 15) is 9.59 Å². The smallest absolute Gasteiger partial charge is 0.255 e. The molecule has 1 aliphatic rings. The largest absolute Gasteiger partial charge is 0.358 e. The summed E-state index contributed by atoms with van der Waals surface area (Å²) in [4.78, 5) is 28.5. The zero-order chi connectivity index (χ0) is 34.1. The fourth-order valence-corrected chi connectivity index (χ4v) is 12.6. The van der Waals surface area contributed by atoms with Crippen molar-refractivity contribution in [1.82, 2.24) is 10.6 Å². The van der Waals surface area contributed by atoms with Crippen LogP contribution < -0.4 is 42.5 Å². The van der Waals surface area contributed by atoms with Crippen LogP contribution in [0.5, 0.6) is 0 Å². The zero-order valence-corrected chi connectivity index (χ0v) is 32.8. The minimum absolute atomic E-state index is 0. The Kier molecular flexibility index (Phi) is 14.3. The van der Waals surface area contributed by atoms with Gasteiger partial charge in [-0.05, 0) is 85.6 Å². The summed E-state index contributed by atoms with van der Waals surface area (Å²) in [6.07, 6.45) is 3.65. The van der Waals surface area contributed by atoms with Crippen molar-refractivity contribution in [3.05, 3.63) is 188 Å². The molecule has 1 saturated carbocycles. The number of hydrogen-bond acceptors (Lipinski definition) is 2. The minimum atomic E-state index is -1.45. The van der Waals surface area contributed by atoms with Gasteiger partial charge in [-0.25, -0.2) is 0 Å². The fraction of sp³-hybridized carbons (Fsp3) is 0.133. The maximum atomic E-state index is 14.3. The van der Waals surface area contributed by atoms with E-state index in [0.717, 1.165) is 36.3 Å². The summed E-state index contributed by atoms with van der Waals surface area (Å²) in [7, 11) is -2.89. The molecule has 0 radical (unpaired) electrons. The molecule has 2 amide bonds. The number of carbonyl (C=O) groups is 2. The Labute approximate surface area is 324 Å². The summed E-state index contributed by atoms with van der Waals surface area (Å²) >= 11 is 0. The van der Waals surface area contributed by atoms with Gasteiger partial charge >= 0.3 is 0 Å². The number of nitrogens with one attached hydrogen (secondary N) is 2. The summed E-state index contributed by atoms with van der Waals surface area (Å²) in [6, 6.07) is 57.8. The summed E-state index contributed by atoms with van der Waals surface area (Å²) in [5.41, 5.74) is 1.40. The van der Waals surface area contributed by atoms with Crippen LogP contribution in [0, 0.1) is 7.43 Å². The Morgan fingerprint density at radius 2 is 0.692 bits per heavy atom. The van der Waals surface area contributed by atoms with Gasteiger partial charge in [0.25, 0.3) is 11.8 Å². The molecule has 0 aliphatic heterocycles. The first-order chi connectivity index (χ1) is 24.7. The maximum absolute atomic E-state index is 14.3. The van der Waals surface area contributed by atoms with Gasteiger partial charge in [-0.1, -0.05) is 110 Å². The standard InChI is InChI=1S/C44H40N2O2P2.CH3.Pd/c47-43(37-27-13-17-31-41(37)49(33-19-5-1-6-20-33)34-21-7-2-8-22-34)45-39-29-15-16-30-40(39)46-44(48)38-28-14-18-32-42(38)50(35-23-9-3-10-24-35)36-25-11-4-12-26-36;;/h1-14,17-28,31-32,39-40H,15-16,29-30H2,(H,45,47)(H,46,48);1H3;/q;-1;/p+2/t39-,40-;;/m0../s1. The second-order valence-electron chi connectivity index (χ2n) is 12.7. The molecule has 0 aromatic heterocycles. The van der Waals surface area contributed by atoms with Crippen molar-refractivity contribution in [2.24, 2.45) is 0 Å².